The van der Waals surface area contributed by atoms with Crippen molar-refractivity contribution in [3.63, 3.8) is 0 Å². The van der Waals surface area contributed by atoms with E-state index >= 15 is 0 Å². The molecule has 1 fully saturated rings. The normalized spacial score (nSPS) is 15.8. The Labute approximate surface area is 149 Å². The van der Waals surface area contributed by atoms with Crippen molar-refractivity contribution >= 4 is 23.8 Å². The molecule has 7 heteroatoms. The van der Waals surface area contributed by atoms with E-state index < -0.39 is 29.3 Å². The van der Waals surface area contributed by atoms with E-state index in [-0.39, 0.29) is 12.0 Å². The van der Waals surface area contributed by atoms with Gasteiger partial charge < -0.3 is 5.32 Å². The number of imide groups is 2. The Kier molecular flexibility index (Phi) is 4.79. The van der Waals surface area contributed by atoms with Crippen LogP contribution in [0, 0.1) is 0 Å². The van der Waals surface area contributed by atoms with Gasteiger partial charge in [-0.05, 0) is 17.5 Å². The van der Waals surface area contributed by atoms with Crippen LogP contribution in [0.15, 0.2) is 60.7 Å². The number of hydrogen-bond donors (Lipinski definition) is 3. The minimum Gasteiger partial charge on any atom is -0.330 e. The molecule has 0 aliphatic carbocycles. The number of carbonyl (C=O) groups excluding carboxylic acids is 4. The number of hydrogen-bond acceptors (Lipinski definition) is 4. The highest BCUT2D eigenvalue weighted by Crippen LogP contribution is 2.24. The SMILES string of the molecule is O=C(CCc1ccccc1)NC1(c2ccccc2)C(=O)NC(=O)NC1=O. The van der Waals surface area contributed by atoms with Crippen LogP contribution in [0.25, 0.3) is 0 Å². The fourth-order valence-corrected chi connectivity index (χ4v) is 2.84. The molecule has 0 unspecified atom stereocenters. The first-order chi connectivity index (χ1) is 12.5. The molecule has 3 N–H and O–H groups in total. The van der Waals surface area contributed by atoms with Gasteiger partial charge in [-0.1, -0.05) is 60.7 Å². The van der Waals surface area contributed by atoms with Crippen LogP contribution in [-0.2, 0) is 26.3 Å². The number of barbiturate groups is 1. The average Bonchev–Trinajstić information content (AvgIpc) is 2.64. The summed E-state index contributed by atoms with van der Waals surface area (Å²) < 4.78 is 0. The van der Waals surface area contributed by atoms with Crippen molar-refractivity contribution < 1.29 is 19.2 Å². The van der Waals surface area contributed by atoms with Gasteiger partial charge in [0.05, 0.1) is 0 Å². The summed E-state index contributed by atoms with van der Waals surface area (Å²) in [5, 5.41) is 6.63. The van der Waals surface area contributed by atoms with Crippen LogP contribution in [0.5, 0.6) is 0 Å². The van der Waals surface area contributed by atoms with Crippen LogP contribution in [0.2, 0.25) is 0 Å². The molecule has 0 atom stereocenters. The van der Waals surface area contributed by atoms with E-state index in [0.29, 0.717) is 6.42 Å². The predicted octanol–water partition coefficient (Wildman–Crippen LogP) is 0.997. The molecule has 0 bridgehead atoms. The maximum atomic E-state index is 12.5. The summed E-state index contributed by atoms with van der Waals surface area (Å²) >= 11 is 0. The van der Waals surface area contributed by atoms with Crippen LogP contribution < -0.4 is 16.0 Å². The van der Waals surface area contributed by atoms with Gasteiger partial charge in [-0.2, -0.15) is 0 Å². The molecule has 1 saturated heterocycles. The molecule has 26 heavy (non-hydrogen) atoms. The first kappa shape index (κ1) is 17.3. The van der Waals surface area contributed by atoms with Gasteiger partial charge in [0.1, 0.15) is 0 Å². The van der Waals surface area contributed by atoms with E-state index in [0.717, 1.165) is 5.56 Å². The van der Waals surface area contributed by atoms with Crippen molar-refractivity contribution in [2.24, 2.45) is 0 Å². The molecule has 7 nitrogen and oxygen atoms in total. The molecule has 5 amide bonds. The predicted molar refractivity (Wildman–Crippen MR) is 92.7 cm³/mol. The number of urea groups is 1. The lowest BCUT2D eigenvalue weighted by atomic mass is 9.86. The molecule has 0 aromatic heterocycles. The van der Waals surface area contributed by atoms with Gasteiger partial charge in [0.25, 0.3) is 11.8 Å². The minimum atomic E-state index is -1.98. The Bertz CT molecular complexity index is 830. The Morgan fingerprint density at radius 2 is 1.38 bits per heavy atom. The van der Waals surface area contributed by atoms with Gasteiger partial charge >= 0.3 is 6.03 Å². The third-order valence-corrected chi connectivity index (χ3v) is 4.15. The molecule has 132 valence electrons. The summed E-state index contributed by atoms with van der Waals surface area (Å²) in [6.45, 7) is 0. The molecule has 3 rings (SSSR count). The highest BCUT2D eigenvalue weighted by atomic mass is 16.2. The second-order valence-electron chi connectivity index (χ2n) is 5.89. The van der Waals surface area contributed by atoms with E-state index in [9.17, 15) is 19.2 Å². The van der Waals surface area contributed by atoms with Gasteiger partial charge in [0.2, 0.25) is 11.4 Å². The summed E-state index contributed by atoms with van der Waals surface area (Å²) in [5.41, 5.74) is -0.747. The third-order valence-electron chi connectivity index (χ3n) is 4.15. The summed E-state index contributed by atoms with van der Waals surface area (Å²) in [4.78, 5) is 49.0. The van der Waals surface area contributed by atoms with E-state index in [1.807, 2.05) is 30.3 Å². The molecule has 0 radical (unpaired) electrons. The van der Waals surface area contributed by atoms with Gasteiger partial charge in [-0.25, -0.2) is 4.79 Å². The van der Waals surface area contributed by atoms with Crippen molar-refractivity contribution in [3.05, 3.63) is 71.8 Å². The van der Waals surface area contributed by atoms with Crippen molar-refractivity contribution in [1.29, 1.82) is 0 Å². The fourth-order valence-electron chi connectivity index (χ4n) is 2.84. The smallest absolute Gasteiger partial charge is 0.328 e. The van der Waals surface area contributed by atoms with Crippen LogP contribution in [0.3, 0.4) is 0 Å². The molecule has 2 aromatic carbocycles. The maximum absolute atomic E-state index is 12.5. The third kappa shape index (κ3) is 3.32. The van der Waals surface area contributed by atoms with Crippen LogP contribution in [0.4, 0.5) is 4.79 Å². The van der Waals surface area contributed by atoms with E-state index in [4.69, 9.17) is 0 Å². The van der Waals surface area contributed by atoms with E-state index in [1.165, 1.54) is 0 Å². The fraction of sp³-hybridized carbons (Fsp3) is 0.158. The van der Waals surface area contributed by atoms with Crippen molar-refractivity contribution in [1.82, 2.24) is 16.0 Å². The van der Waals surface area contributed by atoms with Crippen LogP contribution in [0.1, 0.15) is 17.5 Å². The number of aryl methyl sites for hydroxylation is 1. The summed E-state index contributed by atoms with van der Waals surface area (Å²) in [5.74, 6) is -2.24. The lowest BCUT2D eigenvalue weighted by molar-refractivity contribution is -0.144. The largest absolute Gasteiger partial charge is 0.330 e. The van der Waals surface area contributed by atoms with E-state index in [2.05, 4.69) is 16.0 Å². The van der Waals surface area contributed by atoms with E-state index in [1.54, 1.807) is 30.3 Å². The second kappa shape index (κ2) is 7.18. The summed E-state index contributed by atoms with van der Waals surface area (Å²) in [7, 11) is 0. The first-order valence-electron chi connectivity index (χ1n) is 8.09. The monoisotopic (exact) mass is 351 g/mol. The minimum absolute atomic E-state index is 0.0904. The van der Waals surface area contributed by atoms with Gasteiger partial charge in [0.15, 0.2) is 0 Å². The lowest BCUT2D eigenvalue weighted by Crippen LogP contribution is -2.71. The molecular formula is C19H17N3O4. The number of rotatable bonds is 5. The van der Waals surface area contributed by atoms with Crippen molar-refractivity contribution in [2.75, 3.05) is 0 Å². The zero-order valence-electron chi connectivity index (χ0n) is 13.8. The van der Waals surface area contributed by atoms with Crippen molar-refractivity contribution in [2.45, 2.75) is 18.4 Å². The number of benzene rings is 2. The molecule has 0 saturated carbocycles. The van der Waals surface area contributed by atoms with Gasteiger partial charge in [-0.3, -0.25) is 25.0 Å². The highest BCUT2D eigenvalue weighted by Gasteiger charge is 2.52. The summed E-state index contributed by atoms with van der Waals surface area (Å²) in [6, 6.07) is 16.6. The van der Waals surface area contributed by atoms with Crippen molar-refractivity contribution in [3.8, 4) is 0 Å². The number of nitrogens with one attached hydrogen (secondary N) is 3. The highest BCUT2D eigenvalue weighted by molar-refractivity contribution is 6.23. The number of amides is 5. The quantitative estimate of drug-likeness (QED) is 0.699. The molecule has 1 heterocycles. The van der Waals surface area contributed by atoms with Crippen LogP contribution >= 0.6 is 0 Å². The Morgan fingerprint density at radius 3 is 1.96 bits per heavy atom. The Morgan fingerprint density at radius 1 is 0.846 bits per heavy atom. The Balaban J connectivity index is 1.85. The maximum Gasteiger partial charge on any atom is 0.328 e. The van der Waals surface area contributed by atoms with Gasteiger partial charge in [-0.15, -0.1) is 0 Å². The lowest BCUT2D eigenvalue weighted by Gasteiger charge is -2.34. The Hall–Kier alpha value is -3.48. The molecule has 1 aliphatic heterocycles. The average molecular weight is 351 g/mol. The zero-order chi connectivity index (χ0) is 18.6. The van der Waals surface area contributed by atoms with Crippen LogP contribution in [-0.4, -0.2) is 23.8 Å². The summed E-state index contributed by atoms with van der Waals surface area (Å²) in [6.07, 6.45) is 0.548. The molecule has 1 aliphatic rings. The second-order valence-corrected chi connectivity index (χ2v) is 5.89. The molecular weight excluding hydrogens is 334 g/mol. The zero-order valence-corrected chi connectivity index (χ0v) is 13.8. The molecule has 2 aromatic rings. The molecule has 0 spiro atoms. The van der Waals surface area contributed by atoms with Gasteiger partial charge in [0, 0.05) is 6.42 Å². The standard InChI is InChI=1S/C19H17N3O4/c23-15(12-11-13-7-3-1-4-8-13)22-19(14-9-5-2-6-10-14)16(24)20-18(26)21-17(19)25/h1-10H,11-12H2,(H,22,23)(H2,20,21,24,25,26). The number of carbonyl (C=O) groups is 4. The topological polar surface area (TPSA) is 104 Å². The first-order valence-corrected chi connectivity index (χ1v) is 8.09.